The molecule has 3 heterocycles. The lowest BCUT2D eigenvalue weighted by Gasteiger charge is -2.29. The Kier molecular flexibility index (Phi) is 7.56. The largest absolute Gasteiger partial charge is 0.465 e. The van der Waals surface area contributed by atoms with Gasteiger partial charge < -0.3 is 33.2 Å². The van der Waals surface area contributed by atoms with Crippen LogP contribution in [-0.4, -0.2) is 68.6 Å². The molecule has 3 rings (SSSR count). The summed E-state index contributed by atoms with van der Waals surface area (Å²) in [6.07, 6.45) is 4.96. The zero-order valence-corrected chi connectivity index (χ0v) is 18.3. The topological polar surface area (TPSA) is 81.7 Å². The molecule has 6 atom stereocenters. The molecule has 8 heteroatoms. The summed E-state index contributed by atoms with van der Waals surface area (Å²) in [5, 5.41) is 0. The standard InChI is InChI=1S/C21H36O8/c1-6-7-8-9-10-11-12-24-16-15(26-18-17(16)28-20(2,3)29-18)14-13-25-21(4,27-14)19(22)23-5/h14-18H,6-13H2,1-5H3/t14-,15-,16+,17-,18-,21?/m1/s1. The smallest absolute Gasteiger partial charge is 0.366 e. The van der Waals surface area contributed by atoms with Crippen LogP contribution in [0.5, 0.6) is 0 Å². The highest BCUT2D eigenvalue weighted by molar-refractivity contribution is 5.77. The van der Waals surface area contributed by atoms with Gasteiger partial charge in [0.15, 0.2) is 12.1 Å². The fourth-order valence-corrected chi connectivity index (χ4v) is 4.15. The van der Waals surface area contributed by atoms with Crippen molar-refractivity contribution in [2.45, 2.75) is 108 Å². The number of carbonyl (C=O) groups excluding carboxylic acids is 1. The lowest BCUT2D eigenvalue weighted by atomic mass is 10.1. The van der Waals surface area contributed by atoms with Gasteiger partial charge >= 0.3 is 5.97 Å². The molecule has 0 N–H and O–H groups in total. The van der Waals surface area contributed by atoms with Gasteiger partial charge in [0.25, 0.3) is 5.79 Å². The molecule has 0 aromatic rings. The summed E-state index contributed by atoms with van der Waals surface area (Å²) in [5.74, 6) is -2.74. The first-order valence-electron chi connectivity index (χ1n) is 10.8. The van der Waals surface area contributed by atoms with Crippen molar-refractivity contribution in [2.24, 2.45) is 0 Å². The Morgan fingerprint density at radius 3 is 2.45 bits per heavy atom. The molecule has 0 bridgehead atoms. The van der Waals surface area contributed by atoms with Crippen molar-refractivity contribution in [3.63, 3.8) is 0 Å². The number of rotatable bonds is 10. The Balaban J connectivity index is 1.58. The molecule has 3 saturated heterocycles. The minimum atomic E-state index is -1.44. The van der Waals surface area contributed by atoms with Crippen molar-refractivity contribution < 1.29 is 38.0 Å². The number of esters is 1. The van der Waals surface area contributed by atoms with Gasteiger partial charge in [-0.15, -0.1) is 0 Å². The first-order valence-corrected chi connectivity index (χ1v) is 10.8. The SMILES string of the molecule is CCCCCCCCO[C@@H]1[C@H]2OC(C)(C)O[C@H]2O[C@@H]1[C@H]1COC(C)(C(=O)OC)O1. The quantitative estimate of drug-likeness (QED) is 0.397. The number of fused-ring (bicyclic) bond motifs is 1. The second-order valence-corrected chi connectivity index (χ2v) is 8.58. The molecule has 3 fully saturated rings. The van der Waals surface area contributed by atoms with Gasteiger partial charge in [0.2, 0.25) is 0 Å². The Hall–Kier alpha value is -0.770. The normalized spacial score (nSPS) is 38.3. The van der Waals surface area contributed by atoms with Crippen LogP contribution in [0.4, 0.5) is 0 Å². The van der Waals surface area contributed by atoms with Crippen LogP contribution >= 0.6 is 0 Å². The van der Waals surface area contributed by atoms with Crippen molar-refractivity contribution in [3.8, 4) is 0 Å². The third kappa shape index (κ3) is 5.29. The van der Waals surface area contributed by atoms with Crippen LogP contribution in [0, 0.1) is 0 Å². The number of hydrogen-bond donors (Lipinski definition) is 0. The maximum Gasteiger partial charge on any atom is 0.366 e. The van der Waals surface area contributed by atoms with Crippen LogP contribution in [-0.2, 0) is 38.0 Å². The van der Waals surface area contributed by atoms with Gasteiger partial charge in [0, 0.05) is 13.5 Å². The van der Waals surface area contributed by atoms with E-state index in [4.69, 9.17) is 33.2 Å². The minimum absolute atomic E-state index is 0.204. The summed E-state index contributed by atoms with van der Waals surface area (Å²) in [7, 11) is 1.31. The van der Waals surface area contributed by atoms with Crippen molar-refractivity contribution in [1.29, 1.82) is 0 Å². The molecule has 0 aromatic heterocycles. The van der Waals surface area contributed by atoms with Crippen molar-refractivity contribution >= 4 is 5.97 Å². The lowest BCUT2D eigenvalue weighted by molar-refractivity contribution is -0.239. The molecule has 3 aliphatic heterocycles. The summed E-state index contributed by atoms with van der Waals surface area (Å²) in [6.45, 7) is 8.30. The monoisotopic (exact) mass is 416 g/mol. The lowest BCUT2D eigenvalue weighted by Crippen LogP contribution is -2.45. The Labute approximate surface area is 173 Å². The molecule has 0 amide bonds. The van der Waals surface area contributed by atoms with Crippen molar-refractivity contribution in [3.05, 3.63) is 0 Å². The molecule has 29 heavy (non-hydrogen) atoms. The number of carbonyl (C=O) groups is 1. The molecular formula is C21H36O8. The van der Waals surface area contributed by atoms with Gasteiger partial charge in [-0.2, -0.15) is 0 Å². The molecule has 8 nitrogen and oxygen atoms in total. The minimum Gasteiger partial charge on any atom is -0.465 e. The first-order chi connectivity index (χ1) is 13.8. The Morgan fingerprint density at radius 1 is 1.00 bits per heavy atom. The van der Waals surface area contributed by atoms with E-state index < -0.39 is 36.0 Å². The van der Waals surface area contributed by atoms with Gasteiger partial charge in [-0.1, -0.05) is 39.0 Å². The molecule has 0 saturated carbocycles. The predicted octanol–water partition coefficient (Wildman–Crippen LogP) is 2.91. The van der Waals surface area contributed by atoms with E-state index in [1.165, 1.54) is 32.8 Å². The summed E-state index contributed by atoms with van der Waals surface area (Å²) in [6, 6.07) is 0. The Morgan fingerprint density at radius 2 is 1.72 bits per heavy atom. The molecule has 0 aromatic carbocycles. The highest BCUT2D eigenvalue weighted by Crippen LogP contribution is 2.42. The van der Waals surface area contributed by atoms with Gasteiger partial charge in [-0.05, 0) is 20.3 Å². The van der Waals surface area contributed by atoms with Crippen LogP contribution in [0.15, 0.2) is 0 Å². The highest BCUT2D eigenvalue weighted by Gasteiger charge is 2.60. The third-order valence-electron chi connectivity index (χ3n) is 5.66. The van der Waals surface area contributed by atoms with E-state index in [9.17, 15) is 4.79 Å². The van der Waals surface area contributed by atoms with E-state index in [2.05, 4.69) is 6.92 Å². The molecule has 3 aliphatic rings. The van der Waals surface area contributed by atoms with E-state index in [0.29, 0.717) is 6.61 Å². The van der Waals surface area contributed by atoms with Crippen LogP contribution in [0.1, 0.15) is 66.2 Å². The van der Waals surface area contributed by atoms with Crippen LogP contribution in [0.2, 0.25) is 0 Å². The molecular weight excluding hydrogens is 380 g/mol. The van der Waals surface area contributed by atoms with Gasteiger partial charge in [-0.3, -0.25) is 0 Å². The fourth-order valence-electron chi connectivity index (χ4n) is 4.15. The summed E-state index contributed by atoms with van der Waals surface area (Å²) in [5.41, 5.74) is 0. The average Bonchev–Trinajstić information content (AvgIpc) is 3.31. The zero-order valence-electron chi connectivity index (χ0n) is 18.3. The van der Waals surface area contributed by atoms with E-state index in [1.54, 1.807) is 6.92 Å². The van der Waals surface area contributed by atoms with Gasteiger partial charge in [0.05, 0.1) is 13.7 Å². The average molecular weight is 417 g/mol. The van der Waals surface area contributed by atoms with E-state index in [-0.39, 0.29) is 18.8 Å². The molecule has 0 spiro atoms. The van der Waals surface area contributed by atoms with E-state index in [0.717, 1.165) is 12.8 Å². The third-order valence-corrected chi connectivity index (χ3v) is 5.66. The van der Waals surface area contributed by atoms with Crippen LogP contribution in [0.25, 0.3) is 0 Å². The summed E-state index contributed by atoms with van der Waals surface area (Å²) < 4.78 is 40.5. The fraction of sp³-hybridized carbons (Fsp3) is 0.952. The van der Waals surface area contributed by atoms with E-state index >= 15 is 0 Å². The molecule has 1 unspecified atom stereocenters. The summed E-state index contributed by atoms with van der Waals surface area (Å²) >= 11 is 0. The molecule has 168 valence electrons. The van der Waals surface area contributed by atoms with Gasteiger partial charge in [-0.25, -0.2) is 4.79 Å². The maximum absolute atomic E-state index is 12.0. The van der Waals surface area contributed by atoms with Gasteiger partial charge in [0.1, 0.15) is 24.4 Å². The van der Waals surface area contributed by atoms with Crippen LogP contribution in [0.3, 0.4) is 0 Å². The second kappa shape index (κ2) is 9.58. The van der Waals surface area contributed by atoms with Crippen LogP contribution < -0.4 is 0 Å². The number of ether oxygens (including phenoxy) is 7. The predicted molar refractivity (Wildman–Crippen MR) is 103 cm³/mol. The number of unbranched alkanes of at least 4 members (excludes halogenated alkanes) is 5. The molecule has 0 radical (unpaired) electrons. The highest BCUT2D eigenvalue weighted by atomic mass is 16.9. The second-order valence-electron chi connectivity index (χ2n) is 8.58. The number of methoxy groups -OCH3 is 1. The van der Waals surface area contributed by atoms with Crippen molar-refractivity contribution in [1.82, 2.24) is 0 Å². The maximum atomic E-state index is 12.0. The van der Waals surface area contributed by atoms with Crippen molar-refractivity contribution in [2.75, 3.05) is 20.3 Å². The first kappa shape index (κ1) is 22.9. The molecule has 0 aliphatic carbocycles. The summed E-state index contributed by atoms with van der Waals surface area (Å²) in [4.78, 5) is 12.0. The van der Waals surface area contributed by atoms with E-state index in [1.807, 2.05) is 13.8 Å². The number of hydrogen-bond acceptors (Lipinski definition) is 8. The zero-order chi connectivity index (χ0) is 21.1. The Bertz CT molecular complexity index is 553.